The van der Waals surface area contributed by atoms with Crippen LogP contribution in [0.3, 0.4) is 0 Å². The second kappa shape index (κ2) is 7.09. The lowest BCUT2D eigenvalue weighted by atomic mass is 10.0. The van der Waals surface area contributed by atoms with Crippen molar-refractivity contribution in [2.45, 2.75) is 31.3 Å². The molecule has 1 fully saturated rings. The van der Waals surface area contributed by atoms with Crippen LogP contribution >= 0.6 is 22.6 Å². The van der Waals surface area contributed by atoms with Crippen molar-refractivity contribution in [1.82, 2.24) is 4.57 Å². The van der Waals surface area contributed by atoms with Crippen LogP contribution in [0.15, 0.2) is 24.3 Å². The van der Waals surface area contributed by atoms with Crippen molar-refractivity contribution in [2.24, 2.45) is 0 Å². The molecule has 1 aliphatic rings. The summed E-state index contributed by atoms with van der Waals surface area (Å²) in [5.74, 6) is 0. The van der Waals surface area contributed by atoms with E-state index in [-0.39, 0.29) is 12.1 Å². The van der Waals surface area contributed by atoms with Crippen molar-refractivity contribution in [2.75, 3.05) is 25.6 Å². The van der Waals surface area contributed by atoms with Gasteiger partial charge in [-0.1, -0.05) is 6.07 Å². The van der Waals surface area contributed by atoms with Gasteiger partial charge in [0.25, 0.3) is 0 Å². The molecule has 8 heteroatoms. The Bertz CT molecular complexity index is 717. The molecule has 2 heterocycles. The van der Waals surface area contributed by atoms with E-state index in [1.54, 1.807) is 25.3 Å². The molecule has 0 aliphatic carbocycles. The summed E-state index contributed by atoms with van der Waals surface area (Å²) in [7, 11) is 1.64. The number of alkyl halides is 3. The predicted octanol–water partition coefficient (Wildman–Crippen LogP) is 4.02. The number of fused-ring (bicyclic) bond motifs is 1. The number of hydrogen-bond donors (Lipinski definition) is 1. The van der Waals surface area contributed by atoms with Gasteiger partial charge in [-0.05, 0) is 47.2 Å². The minimum Gasteiger partial charge on any atom is -0.379 e. The minimum atomic E-state index is -4.25. The van der Waals surface area contributed by atoms with Crippen molar-refractivity contribution in [3.8, 4) is 0 Å². The number of halogens is 4. The monoisotopic (exact) mass is 454 g/mol. The zero-order chi connectivity index (χ0) is 17.3. The normalized spacial score (nSPS) is 22.0. The smallest absolute Gasteiger partial charge is 0.379 e. The maximum Gasteiger partial charge on any atom is 0.406 e. The molecule has 1 aromatic carbocycles. The molecule has 4 nitrogen and oxygen atoms in total. The van der Waals surface area contributed by atoms with E-state index >= 15 is 0 Å². The quantitative estimate of drug-likeness (QED) is 0.710. The molecule has 0 unspecified atom stereocenters. The standard InChI is InChI=1S/C16H18F3IN2O2/c1-23-14-8-24-6-5-12(14)21-11-3-2-4-13-10(11)7-15(20)22(13)9-16(17,18)19/h2-4,7,12,14,21H,5-6,8-9H2,1H3/t12-,14-/m0/s1. The highest BCUT2D eigenvalue weighted by molar-refractivity contribution is 14.1. The lowest BCUT2D eigenvalue weighted by molar-refractivity contribution is -0.140. The summed E-state index contributed by atoms with van der Waals surface area (Å²) in [4.78, 5) is 0. The van der Waals surface area contributed by atoms with E-state index in [9.17, 15) is 13.2 Å². The molecule has 3 rings (SSSR count). The molecule has 1 saturated heterocycles. The van der Waals surface area contributed by atoms with Gasteiger partial charge in [-0.2, -0.15) is 13.2 Å². The molecule has 24 heavy (non-hydrogen) atoms. The number of anilines is 1. The van der Waals surface area contributed by atoms with Gasteiger partial charge in [-0.25, -0.2) is 0 Å². The Labute approximate surface area is 151 Å². The zero-order valence-electron chi connectivity index (χ0n) is 13.1. The molecule has 1 N–H and O–H groups in total. The summed E-state index contributed by atoms with van der Waals surface area (Å²) >= 11 is 1.94. The van der Waals surface area contributed by atoms with Crippen LogP contribution < -0.4 is 5.32 Å². The molecular weight excluding hydrogens is 436 g/mol. The van der Waals surface area contributed by atoms with Crippen molar-refractivity contribution >= 4 is 39.2 Å². The SMILES string of the molecule is CO[C@H]1COCC[C@@H]1Nc1cccc2c1cc(I)n2CC(F)(F)F. The number of nitrogens with zero attached hydrogens (tertiary/aromatic N) is 1. The number of rotatable bonds is 4. The number of aromatic nitrogens is 1. The van der Waals surface area contributed by atoms with Gasteiger partial charge >= 0.3 is 6.18 Å². The Balaban J connectivity index is 1.93. The molecule has 0 saturated carbocycles. The number of ether oxygens (including phenoxy) is 2. The van der Waals surface area contributed by atoms with Crippen molar-refractivity contribution in [3.05, 3.63) is 28.0 Å². The van der Waals surface area contributed by atoms with Crippen molar-refractivity contribution < 1.29 is 22.6 Å². The molecule has 132 valence electrons. The average Bonchev–Trinajstić information content (AvgIpc) is 2.84. The Kier molecular flexibility index (Phi) is 5.26. The number of methoxy groups -OCH3 is 1. The Morgan fingerprint density at radius 1 is 1.42 bits per heavy atom. The molecule has 0 bridgehead atoms. The van der Waals surface area contributed by atoms with Gasteiger partial charge in [-0.3, -0.25) is 0 Å². The third-order valence-electron chi connectivity index (χ3n) is 4.18. The van der Waals surface area contributed by atoms with Gasteiger partial charge in [0.2, 0.25) is 0 Å². The van der Waals surface area contributed by atoms with Crippen LogP contribution in [-0.4, -0.2) is 43.2 Å². The molecule has 2 atom stereocenters. The molecule has 0 radical (unpaired) electrons. The van der Waals surface area contributed by atoms with E-state index in [0.717, 1.165) is 17.5 Å². The van der Waals surface area contributed by atoms with Gasteiger partial charge in [-0.15, -0.1) is 0 Å². The molecule has 1 aromatic heterocycles. The lowest BCUT2D eigenvalue weighted by Crippen LogP contribution is -2.43. The van der Waals surface area contributed by atoms with Gasteiger partial charge in [0.15, 0.2) is 0 Å². The molecule has 1 aliphatic heterocycles. The average molecular weight is 454 g/mol. The molecular formula is C16H18F3IN2O2. The maximum absolute atomic E-state index is 12.8. The fraction of sp³-hybridized carbons (Fsp3) is 0.500. The van der Waals surface area contributed by atoms with Crippen LogP contribution in [0, 0.1) is 3.70 Å². The fourth-order valence-corrected chi connectivity index (χ4v) is 3.77. The Morgan fingerprint density at radius 2 is 2.21 bits per heavy atom. The summed E-state index contributed by atoms with van der Waals surface area (Å²) in [6, 6.07) is 7.22. The summed E-state index contributed by atoms with van der Waals surface area (Å²) in [6.45, 7) is 0.160. The summed E-state index contributed by atoms with van der Waals surface area (Å²) in [5.41, 5.74) is 1.39. The third kappa shape index (κ3) is 3.80. The highest BCUT2D eigenvalue weighted by Crippen LogP contribution is 2.32. The van der Waals surface area contributed by atoms with Gasteiger partial charge in [0.1, 0.15) is 12.6 Å². The van der Waals surface area contributed by atoms with Crippen LogP contribution in [0.1, 0.15) is 6.42 Å². The van der Waals surface area contributed by atoms with E-state index < -0.39 is 12.7 Å². The van der Waals surface area contributed by atoms with Crippen LogP contribution in [0.2, 0.25) is 0 Å². The van der Waals surface area contributed by atoms with Gasteiger partial charge in [0, 0.05) is 24.8 Å². The van der Waals surface area contributed by atoms with Crippen LogP contribution in [0.5, 0.6) is 0 Å². The number of benzene rings is 1. The first-order chi connectivity index (χ1) is 11.4. The highest BCUT2D eigenvalue weighted by Gasteiger charge is 2.30. The third-order valence-corrected chi connectivity index (χ3v) is 5.07. The largest absolute Gasteiger partial charge is 0.406 e. The van der Waals surface area contributed by atoms with E-state index in [1.165, 1.54) is 4.57 Å². The minimum absolute atomic E-state index is 0.0676. The van der Waals surface area contributed by atoms with E-state index in [4.69, 9.17) is 9.47 Å². The second-order valence-electron chi connectivity index (χ2n) is 5.80. The Hall–Kier alpha value is -1.00. The topological polar surface area (TPSA) is 35.4 Å². The predicted molar refractivity (Wildman–Crippen MR) is 94.4 cm³/mol. The zero-order valence-corrected chi connectivity index (χ0v) is 15.2. The summed E-state index contributed by atoms with van der Waals surface area (Å²) in [6.07, 6.45) is -3.54. The van der Waals surface area contributed by atoms with Crippen LogP contribution in [0.4, 0.5) is 18.9 Å². The number of nitrogens with one attached hydrogen (secondary N) is 1. The van der Waals surface area contributed by atoms with Crippen LogP contribution in [-0.2, 0) is 16.0 Å². The Morgan fingerprint density at radius 3 is 2.92 bits per heavy atom. The molecule has 2 aromatic rings. The van der Waals surface area contributed by atoms with E-state index in [0.29, 0.717) is 22.4 Å². The van der Waals surface area contributed by atoms with Crippen molar-refractivity contribution in [1.29, 1.82) is 0 Å². The maximum atomic E-state index is 12.8. The number of hydrogen-bond acceptors (Lipinski definition) is 3. The van der Waals surface area contributed by atoms with Crippen molar-refractivity contribution in [3.63, 3.8) is 0 Å². The first-order valence-corrected chi connectivity index (χ1v) is 8.68. The fourth-order valence-electron chi connectivity index (χ4n) is 3.03. The first-order valence-electron chi connectivity index (χ1n) is 7.60. The molecule has 0 amide bonds. The van der Waals surface area contributed by atoms with Gasteiger partial charge in [0.05, 0.1) is 21.9 Å². The highest BCUT2D eigenvalue weighted by atomic mass is 127. The first kappa shape index (κ1) is 17.8. The summed E-state index contributed by atoms with van der Waals surface area (Å²) in [5, 5.41) is 4.21. The lowest BCUT2D eigenvalue weighted by Gasteiger charge is -2.32. The molecule has 0 spiro atoms. The van der Waals surface area contributed by atoms with E-state index in [1.807, 2.05) is 28.7 Å². The van der Waals surface area contributed by atoms with E-state index in [2.05, 4.69) is 5.32 Å². The van der Waals surface area contributed by atoms with Crippen LogP contribution in [0.25, 0.3) is 10.9 Å². The summed E-state index contributed by atoms with van der Waals surface area (Å²) < 4.78 is 51.2. The second-order valence-corrected chi connectivity index (χ2v) is 6.90. The van der Waals surface area contributed by atoms with Gasteiger partial charge < -0.3 is 19.4 Å².